The Kier molecular flexibility index (Phi) is 13.6. The molecule has 3 amide bonds. The Balaban J connectivity index is 1.50. The van der Waals surface area contributed by atoms with Gasteiger partial charge in [-0.05, 0) is 50.6 Å². The van der Waals surface area contributed by atoms with Gasteiger partial charge in [0, 0.05) is 63.1 Å². The maximum absolute atomic E-state index is 13.4. The second-order valence-electron chi connectivity index (χ2n) is 12.3. The molecule has 1 aliphatic rings. The molecule has 4 aromatic rings. The first-order chi connectivity index (χ1) is 26.1. The minimum absolute atomic E-state index is 0.123. The number of hydrogen-bond donors (Lipinski definition) is 5. The number of hydrogen-bond acceptors (Lipinski definition) is 13. The minimum Gasteiger partial charge on any atom is -0.494 e. The Bertz CT molecular complexity index is 2170. The fraction of sp³-hybridized carbons (Fsp3) is 0.389. The average molecular weight is 762 g/mol. The number of nitrogen functional groups attached to an aromatic ring is 1. The second-order valence-corrected chi connectivity index (χ2v) is 13.3. The highest BCUT2D eigenvalue weighted by Crippen LogP contribution is 2.32. The van der Waals surface area contributed by atoms with Crippen LogP contribution in [0.2, 0.25) is 0 Å². The summed E-state index contributed by atoms with van der Waals surface area (Å²) in [6, 6.07) is 6.55. The molecule has 0 spiro atoms. The third kappa shape index (κ3) is 9.32. The van der Waals surface area contributed by atoms with Gasteiger partial charge in [0.1, 0.15) is 28.2 Å². The Morgan fingerprint density at radius 1 is 1.04 bits per heavy atom. The number of hydrazine groups is 1. The standard InChI is InChI=1S/C36H47N11O6S/c1-5-41-26(17-22(2)37)34(50)43-36-47(31-27(51-4)20-24(33(49)44-39)21-29(31)54-36)11-7-6-10-46-30-25(42-35(46)40-3)18-23(32(38)48)19-28(30)53-14-8-9-45-12-15-52-16-13-45/h6-7,17-21H,5,8-16,37,39H2,1-4H3,(H2,38,48)(H,40,42)(H,44,49)/b7-6+,22-17-,41-26?,43-36?. The van der Waals surface area contributed by atoms with Gasteiger partial charge in [-0.3, -0.25) is 29.7 Å². The number of allylic oxidation sites excluding steroid dienone is 3. The lowest BCUT2D eigenvalue weighted by Crippen LogP contribution is -2.37. The van der Waals surface area contributed by atoms with Gasteiger partial charge in [-0.15, -0.1) is 0 Å². The number of fused-ring (bicyclic) bond motifs is 2. The van der Waals surface area contributed by atoms with Gasteiger partial charge in [-0.25, -0.2) is 10.8 Å². The van der Waals surface area contributed by atoms with Crippen LogP contribution < -0.4 is 42.3 Å². The molecule has 0 saturated carbocycles. The molecule has 0 atom stereocenters. The van der Waals surface area contributed by atoms with Crippen molar-refractivity contribution >= 4 is 62.0 Å². The normalized spacial score (nSPS) is 14.6. The minimum atomic E-state index is -0.580. The Hall–Kier alpha value is -5.56. The number of nitrogens with one attached hydrogen (secondary N) is 2. The van der Waals surface area contributed by atoms with Crippen LogP contribution >= 0.6 is 11.3 Å². The first-order valence-corrected chi connectivity index (χ1v) is 18.3. The van der Waals surface area contributed by atoms with Gasteiger partial charge in [-0.2, -0.15) is 4.99 Å². The molecule has 0 unspecified atom stereocenters. The van der Waals surface area contributed by atoms with Crippen LogP contribution in [0.15, 0.2) is 58.2 Å². The van der Waals surface area contributed by atoms with Gasteiger partial charge in [0.05, 0.1) is 37.1 Å². The molecule has 2 aromatic carbocycles. The zero-order valence-electron chi connectivity index (χ0n) is 30.9. The Labute approximate surface area is 316 Å². The van der Waals surface area contributed by atoms with E-state index in [9.17, 15) is 14.4 Å². The number of anilines is 1. The molecule has 18 heteroatoms. The fourth-order valence-corrected chi connectivity index (χ4v) is 7.10. The van der Waals surface area contributed by atoms with Crippen molar-refractivity contribution in [1.29, 1.82) is 0 Å². The third-order valence-corrected chi connectivity index (χ3v) is 9.53. The van der Waals surface area contributed by atoms with Crippen molar-refractivity contribution < 1.29 is 28.6 Å². The number of imidazole rings is 1. The van der Waals surface area contributed by atoms with Gasteiger partial charge in [-0.1, -0.05) is 23.5 Å². The molecule has 0 radical (unpaired) electrons. The number of aliphatic imine (C=N–C) groups is 1. The number of amides is 3. The van der Waals surface area contributed by atoms with Crippen molar-refractivity contribution in [2.45, 2.75) is 33.4 Å². The molecule has 0 bridgehead atoms. The molecular formula is C36H47N11O6S. The SMILES string of the molecule is CCN=C(/C=C(/C)N)C(=O)N=c1sc2cc(C(=O)NN)cc(OC)c2n1C/C=C/Cn1c(NC)nc2cc(C(N)=O)cc(OCCCN3CCOCC3)c21. The first kappa shape index (κ1) is 39.6. The van der Waals surface area contributed by atoms with E-state index in [1.165, 1.54) is 24.5 Å². The number of carbonyl (C=O) groups excluding carboxylic acids is 3. The molecule has 1 aliphatic heterocycles. The predicted octanol–water partition coefficient (Wildman–Crippen LogP) is 1.91. The fourth-order valence-electron chi connectivity index (χ4n) is 6.01. The summed E-state index contributed by atoms with van der Waals surface area (Å²) < 4.78 is 21.9. The predicted molar refractivity (Wildman–Crippen MR) is 209 cm³/mol. The van der Waals surface area contributed by atoms with E-state index in [1.807, 2.05) is 28.2 Å². The highest BCUT2D eigenvalue weighted by Gasteiger charge is 2.20. The summed E-state index contributed by atoms with van der Waals surface area (Å²) in [4.78, 5) is 54.3. The first-order valence-electron chi connectivity index (χ1n) is 17.5. The van der Waals surface area contributed by atoms with Crippen LogP contribution in [0.4, 0.5) is 5.95 Å². The lowest BCUT2D eigenvalue weighted by Gasteiger charge is -2.26. The Morgan fingerprint density at radius 2 is 1.76 bits per heavy atom. The molecule has 0 aliphatic carbocycles. The van der Waals surface area contributed by atoms with E-state index in [2.05, 4.69) is 25.6 Å². The number of benzene rings is 2. The third-order valence-electron chi connectivity index (χ3n) is 8.50. The number of primary amides is 1. The molecular weight excluding hydrogens is 715 g/mol. The lowest BCUT2D eigenvalue weighted by molar-refractivity contribution is -0.112. The number of nitrogens with zero attached hydrogens (tertiary/aromatic N) is 6. The molecule has 1 fully saturated rings. The summed E-state index contributed by atoms with van der Waals surface area (Å²) in [6.07, 6.45) is 6.14. The average Bonchev–Trinajstić information content (AvgIpc) is 3.71. The van der Waals surface area contributed by atoms with Gasteiger partial charge in [0.25, 0.3) is 11.8 Å². The lowest BCUT2D eigenvalue weighted by atomic mass is 10.1. The van der Waals surface area contributed by atoms with Gasteiger partial charge >= 0.3 is 0 Å². The monoisotopic (exact) mass is 761 g/mol. The van der Waals surface area contributed by atoms with E-state index in [0.717, 1.165) is 39.3 Å². The van der Waals surface area contributed by atoms with Crippen LogP contribution in [0.1, 0.15) is 41.0 Å². The summed E-state index contributed by atoms with van der Waals surface area (Å²) in [7, 11) is 3.26. The number of carbonyl (C=O) groups is 3. The van der Waals surface area contributed by atoms with Crippen molar-refractivity contribution in [3.05, 3.63) is 64.1 Å². The van der Waals surface area contributed by atoms with Crippen LogP contribution in [0.25, 0.3) is 21.3 Å². The summed E-state index contributed by atoms with van der Waals surface area (Å²) in [5.74, 6) is 5.22. The molecule has 8 N–H and O–H groups in total. The number of morpholine rings is 1. The van der Waals surface area contributed by atoms with Crippen molar-refractivity contribution in [2.24, 2.45) is 27.3 Å². The topological polar surface area (TPSA) is 232 Å². The summed E-state index contributed by atoms with van der Waals surface area (Å²) in [5.41, 5.74) is 16.7. The van der Waals surface area contributed by atoms with Crippen LogP contribution in [-0.4, -0.2) is 103 Å². The zero-order valence-corrected chi connectivity index (χ0v) is 31.7. The number of rotatable bonds is 16. The quantitative estimate of drug-likeness (QED) is 0.0276. The number of methoxy groups -OCH3 is 1. The maximum Gasteiger partial charge on any atom is 0.297 e. The maximum atomic E-state index is 13.4. The van der Waals surface area contributed by atoms with Crippen LogP contribution in [0, 0.1) is 0 Å². The van der Waals surface area contributed by atoms with E-state index in [0.29, 0.717) is 74.5 Å². The zero-order chi connectivity index (χ0) is 38.8. The van der Waals surface area contributed by atoms with Crippen molar-refractivity contribution in [3.8, 4) is 11.5 Å². The van der Waals surface area contributed by atoms with Crippen LogP contribution in [-0.2, 0) is 22.6 Å². The molecule has 1 saturated heterocycles. The van der Waals surface area contributed by atoms with E-state index >= 15 is 0 Å². The van der Waals surface area contributed by atoms with E-state index in [-0.39, 0.29) is 17.8 Å². The van der Waals surface area contributed by atoms with E-state index < -0.39 is 17.7 Å². The van der Waals surface area contributed by atoms with Gasteiger partial charge in [0.15, 0.2) is 4.80 Å². The van der Waals surface area contributed by atoms with E-state index in [4.69, 9.17) is 36.5 Å². The highest BCUT2D eigenvalue weighted by molar-refractivity contribution is 7.16. The van der Waals surface area contributed by atoms with Gasteiger partial charge in [0.2, 0.25) is 11.9 Å². The molecule has 5 rings (SSSR count). The molecule has 54 heavy (non-hydrogen) atoms. The molecule has 288 valence electrons. The van der Waals surface area contributed by atoms with Crippen LogP contribution in [0.3, 0.4) is 0 Å². The number of aromatic nitrogens is 3. The van der Waals surface area contributed by atoms with Crippen LogP contribution in [0.5, 0.6) is 11.5 Å². The number of thiazole rings is 1. The molecule has 17 nitrogen and oxygen atoms in total. The largest absolute Gasteiger partial charge is 0.494 e. The summed E-state index contributed by atoms with van der Waals surface area (Å²) in [6.45, 7) is 8.99. The Morgan fingerprint density at radius 3 is 2.41 bits per heavy atom. The second kappa shape index (κ2) is 18.5. The van der Waals surface area contributed by atoms with Gasteiger partial charge < -0.3 is 40.1 Å². The number of nitrogens with two attached hydrogens (primary N) is 3. The molecule has 3 heterocycles. The smallest absolute Gasteiger partial charge is 0.297 e. The summed E-state index contributed by atoms with van der Waals surface area (Å²) >= 11 is 1.21. The molecule has 2 aromatic heterocycles. The van der Waals surface area contributed by atoms with Crippen molar-refractivity contribution in [1.82, 2.24) is 24.4 Å². The highest BCUT2D eigenvalue weighted by atomic mass is 32.1. The number of ether oxygens (including phenoxy) is 3. The summed E-state index contributed by atoms with van der Waals surface area (Å²) in [5, 5.41) is 3.14. The van der Waals surface area contributed by atoms with E-state index in [1.54, 1.807) is 38.2 Å². The van der Waals surface area contributed by atoms with Crippen molar-refractivity contribution in [2.75, 3.05) is 65.5 Å². The van der Waals surface area contributed by atoms with Crippen molar-refractivity contribution in [3.63, 3.8) is 0 Å².